The van der Waals surface area contributed by atoms with Crippen molar-refractivity contribution < 1.29 is 0 Å². The van der Waals surface area contributed by atoms with Gasteiger partial charge in [-0.3, -0.25) is 9.38 Å². The Balaban J connectivity index is 1.77. The van der Waals surface area contributed by atoms with Crippen molar-refractivity contribution in [3.63, 3.8) is 0 Å². The maximum Gasteiger partial charge on any atom is 0.163 e. The van der Waals surface area contributed by atoms with Gasteiger partial charge >= 0.3 is 0 Å². The maximum absolute atomic E-state index is 4.64. The topological polar surface area (TPSA) is 35.1 Å². The normalized spacial score (nSPS) is 12.0. The van der Waals surface area contributed by atoms with Crippen LogP contribution in [0.3, 0.4) is 0 Å². The standard InChI is InChI=1S/C26H16N4/c1-2-7-17(8-3-1)30-22-11-5-4-9-18(22)20-15-21-19-10-6-12-27-25(19)26-28-13-14-29(26)23(21)16-24(20)30/h1-16H. The largest absolute Gasteiger partial charge is 0.309 e. The van der Waals surface area contributed by atoms with Gasteiger partial charge in [0.1, 0.15) is 5.52 Å². The zero-order chi connectivity index (χ0) is 19.7. The second kappa shape index (κ2) is 5.67. The van der Waals surface area contributed by atoms with Gasteiger partial charge in [-0.15, -0.1) is 0 Å². The molecule has 0 saturated carbocycles. The second-order valence-corrected chi connectivity index (χ2v) is 7.60. The molecule has 0 spiro atoms. The van der Waals surface area contributed by atoms with Gasteiger partial charge in [0.2, 0.25) is 0 Å². The molecule has 0 N–H and O–H groups in total. The van der Waals surface area contributed by atoms with E-state index >= 15 is 0 Å². The number of fused-ring (bicyclic) bond motifs is 9. The number of pyridine rings is 2. The summed E-state index contributed by atoms with van der Waals surface area (Å²) in [7, 11) is 0. The molecular formula is C26H16N4. The lowest BCUT2D eigenvalue weighted by atomic mass is 10.1. The Labute approximate surface area is 171 Å². The highest BCUT2D eigenvalue weighted by molar-refractivity contribution is 6.18. The van der Waals surface area contributed by atoms with E-state index in [4.69, 9.17) is 0 Å². The Morgan fingerprint density at radius 1 is 0.567 bits per heavy atom. The predicted molar refractivity (Wildman–Crippen MR) is 122 cm³/mol. The van der Waals surface area contributed by atoms with Gasteiger partial charge in [-0.1, -0.05) is 42.5 Å². The first-order chi connectivity index (χ1) is 14.9. The van der Waals surface area contributed by atoms with Crippen molar-refractivity contribution in [3.8, 4) is 5.69 Å². The van der Waals surface area contributed by atoms with Gasteiger partial charge in [0.25, 0.3) is 0 Å². The molecule has 4 aromatic heterocycles. The van der Waals surface area contributed by atoms with Gasteiger partial charge in [-0.25, -0.2) is 4.98 Å². The molecule has 0 saturated heterocycles. The summed E-state index contributed by atoms with van der Waals surface area (Å²) in [6, 6.07) is 27.9. The molecule has 0 fully saturated rings. The quantitative estimate of drug-likeness (QED) is 0.319. The van der Waals surface area contributed by atoms with Gasteiger partial charge in [-0.2, -0.15) is 0 Å². The van der Waals surface area contributed by atoms with Crippen LogP contribution in [0.2, 0.25) is 0 Å². The van der Waals surface area contributed by atoms with Crippen molar-refractivity contribution in [2.45, 2.75) is 0 Å². The number of benzene rings is 3. The third-order valence-corrected chi connectivity index (χ3v) is 6.01. The van der Waals surface area contributed by atoms with Crippen molar-refractivity contribution in [1.82, 2.24) is 18.9 Å². The van der Waals surface area contributed by atoms with Crippen molar-refractivity contribution in [2.75, 3.05) is 0 Å². The van der Waals surface area contributed by atoms with Crippen LogP contribution in [0.15, 0.2) is 97.5 Å². The van der Waals surface area contributed by atoms with Gasteiger partial charge in [0, 0.05) is 45.8 Å². The minimum Gasteiger partial charge on any atom is -0.309 e. The highest BCUT2D eigenvalue weighted by Gasteiger charge is 2.16. The van der Waals surface area contributed by atoms with E-state index < -0.39 is 0 Å². The smallest absolute Gasteiger partial charge is 0.163 e. The van der Waals surface area contributed by atoms with Crippen LogP contribution in [-0.4, -0.2) is 18.9 Å². The zero-order valence-corrected chi connectivity index (χ0v) is 16.0. The van der Waals surface area contributed by atoms with Crippen molar-refractivity contribution in [3.05, 3.63) is 97.5 Å². The van der Waals surface area contributed by atoms with Gasteiger partial charge in [-0.05, 0) is 36.4 Å². The highest BCUT2D eigenvalue weighted by Crippen LogP contribution is 2.37. The summed E-state index contributed by atoms with van der Waals surface area (Å²) in [5.74, 6) is 0. The van der Waals surface area contributed by atoms with Crippen LogP contribution >= 0.6 is 0 Å². The molecule has 0 aliphatic rings. The summed E-state index contributed by atoms with van der Waals surface area (Å²) in [5, 5.41) is 4.81. The highest BCUT2D eigenvalue weighted by atomic mass is 15.0. The van der Waals surface area contributed by atoms with Gasteiger partial charge in [0.05, 0.1) is 16.6 Å². The van der Waals surface area contributed by atoms with E-state index in [1.165, 1.54) is 27.2 Å². The monoisotopic (exact) mass is 384 g/mol. The van der Waals surface area contributed by atoms with Gasteiger partial charge < -0.3 is 4.57 Å². The molecule has 140 valence electrons. The number of hydrogen-bond acceptors (Lipinski definition) is 2. The van der Waals surface area contributed by atoms with Crippen LogP contribution in [0.1, 0.15) is 0 Å². The van der Waals surface area contributed by atoms with E-state index in [0.717, 1.165) is 27.8 Å². The molecule has 30 heavy (non-hydrogen) atoms. The summed E-state index contributed by atoms with van der Waals surface area (Å²) in [6.07, 6.45) is 5.70. The van der Waals surface area contributed by atoms with E-state index in [1.807, 2.05) is 24.7 Å². The second-order valence-electron chi connectivity index (χ2n) is 7.60. The first kappa shape index (κ1) is 15.7. The van der Waals surface area contributed by atoms with Crippen molar-refractivity contribution in [2.24, 2.45) is 0 Å². The summed E-state index contributed by atoms with van der Waals surface area (Å²) in [4.78, 5) is 9.23. The zero-order valence-electron chi connectivity index (χ0n) is 16.0. The van der Waals surface area contributed by atoms with E-state index in [9.17, 15) is 0 Å². The van der Waals surface area contributed by atoms with Crippen molar-refractivity contribution in [1.29, 1.82) is 0 Å². The van der Waals surface area contributed by atoms with Crippen LogP contribution in [0.5, 0.6) is 0 Å². The predicted octanol–water partition coefficient (Wildman–Crippen LogP) is 6.13. The van der Waals surface area contributed by atoms with E-state index in [1.54, 1.807) is 0 Å². The van der Waals surface area contributed by atoms with Crippen LogP contribution in [-0.2, 0) is 0 Å². The number of rotatable bonds is 1. The summed E-state index contributed by atoms with van der Waals surface area (Å²) in [6.45, 7) is 0. The number of para-hydroxylation sites is 2. The fourth-order valence-electron chi connectivity index (χ4n) is 4.75. The number of hydrogen-bond donors (Lipinski definition) is 0. The lowest BCUT2D eigenvalue weighted by Crippen LogP contribution is -1.95. The average molecular weight is 384 g/mol. The SMILES string of the molecule is c1ccc(-n2c3ccccc3c3cc4c5cccnc5c5nccn5c4cc32)cc1. The fourth-order valence-corrected chi connectivity index (χ4v) is 4.75. The van der Waals surface area contributed by atoms with E-state index in [0.29, 0.717) is 0 Å². The van der Waals surface area contributed by atoms with Crippen LogP contribution in [0.25, 0.3) is 54.9 Å². The average Bonchev–Trinajstić information content (AvgIpc) is 3.42. The Kier molecular flexibility index (Phi) is 2.97. The third-order valence-electron chi connectivity index (χ3n) is 6.01. The lowest BCUT2D eigenvalue weighted by Gasteiger charge is -2.10. The van der Waals surface area contributed by atoms with Crippen LogP contribution in [0, 0.1) is 0 Å². The molecule has 0 amide bonds. The minimum atomic E-state index is 0.889. The maximum atomic E-state index is 4.64. The van der Waals surface area contributed by atoms with E-state index in [2.05, 4.69) is 91.7 Å². The number of imidazole rings is 1. The Hall–Kier alpha value is -4.18. The molecule has 0 aliphatic carbocycles. The fraction of sp³-hybridized carbons (Fsp3) is 0. The molecule has 4 heteroatoms. The molecule has 4 nitrogen and oxygen atoms in total. The molecular weight excluding hydrogens is 368 g/mol. The Morgan fingerprint density at radius 2 is 1.37 bits per heavy atom. The third kappa shape index (κ3) is 1.95. The Morgan fingerprint density at radius 3 is 2.30 bits per heavy atom. The van der Waals surface area contributed by atoms with Gasteiger partial charge in [0.15, 0.2) is 5.65 Å². The summed E-state index contributed by atoms with van der Waals surface area (Å²) < 4.78 is 4.50. The molecule has 4 heterocycles. The summed E-state index contributed by atoms with van der Waals surface area (Å²) >= 11 is 0. The molecule has 0 aliphatic heterocycles. The summed E-state index contributed by atoms with van der Waals surface area (Å²) in [5.41, 5.74) is 6.51. The molecule has 0 unspecified atom stereocenters. The first-order valence-corrected chi connectivity index (χ1v) is 10.0. The Bertz CT molecular complexity index is 1740. The first-order valence-electron chi connectivity index (χ1n) is 10.0. The molecule has 3 aromatic carbocycles. The molecule has 0 radical (unpaired) electrons. The van der Waals surface area contributed by atoms with Crippen LogP contribution < -0.4 is 0 Å². The molecule has 7 aromatic rings. The van der Waals surface area contributed by atoms with E-state index in [-0.39, 0.29) is 0 Å². The molecule has 0 bridgehead atoms. The lowest BCUT2D eigenvalue weighted by molar-refractivity contribution is 1.18. The van der Waals surface area contributed by atoms with Crippen LogP contribution in [0.4, 0.5) is 0 Å². The number of nitrogens with zero attached hydrogens (tertiary/aromatic N) is 4. The van der Waals surface area contributed by atoms with Crippen molar-refractivity contribution >= 4 is 49.3 Å². The molecule has 0 atom stereocenters. The number of aromatic nitrogens is 4. The minimum absolute atomic E-state index is 0.889. The molecule has 7 rings (SSSR count).